The highest BCUT2D eigenvalue weighted by atomic mass is 16.5. The molecule has 0 aromatic rings. The number of carbonyl (C=O) groups excluding carboxylic acids is 2. The fourth-order valence-corrected chi connectivity index (χ4v) is 3.39. The lowest BCUT2D eigenvalue weighted by atomic mass is 10.0. The molecule has 0 aromatic carbocycles. The summed E-state index contributed by atoms with van der Waals surface area (Å²) in [4.78, 5) is 27.9. The van der Waals surface area contributed by atoms with Gasteiger partial charge in [0.15, 0.2) is 0 Å². The van der Waals surface area contributed by atoms with Gasteiger partial charge in [-0.05, 0) is 19.8 Å². The smallest absolute Gasteiger partial charge is 0.317 e. The van der Waals surface area contributed by atoms with E-state index in [0.717, 1.165) is 25.9 Å². The molecule has 23 heavy (non-hydrogen) atoms. The van der Waals surface area contributed by atoms with E-state index in [4.69, 9.17) is 4.74 Å². The summed E-state index contributed by atoms with van der Waals surface area (Å²) in [5.74, 6) is 0.101. The van der Waals surface area contributed by atoms with E-state index in [2.05, 4.69) is 20.9 Å². The highest BCUT2D eigenvalue weighted by molar-refractivity contribution is 5.77. The number of carbonyl (C=O) groups is 2. The van der Waals surface area contributed by atoms with Crippen LogP contribution in [0.1, 0.15) is 26.2 Å². The fourth-order valence-electron chi connectivity index (χ4n) is 3.39. The van der Waals surface area contributed by atoms with E-state index in [9.17, 15) is 9.59 Å². The monoisotopic (exact) mass is 325 g/mol. The quantitative estimate of drug-likeness (QED) is 0.623. The number of ether oxygens (including phenoxy) is 1. The fraction of sp³-hybridized carbons (Fsp3) is 0.867. The number of nitrogens with zero attached hydrogens (tertiary/aromatic N) is 2. The third kappa shape index (κ3) is 4.33. The van der Waals surface area contributed by atoms with Gasteiger partial charge in [-0.3, -0.25) is 15.0 Å². The van der Waals surface area contributed by atoms with Crippen molar-refractivity contribution >= 4 is 11.9 Å². The van der Waals surface area contributed by atoms with E-state index in [1.54, 1.807) is 0 Å². The second kappa shape index (κ2) is 7.46. The maximum atomic E-state index is 12.2. The van der Waals surface area contributed by atoms with Crippen molar-refractivity contribution in [2.24, 2.45) is 0 Å². The summed E-state index contributed by atoms with van der Waals surface area (Å²) in [5.41, 5.74) is 0. The Morgan fingerprint density at radius 2 is 1.91 bits per heavy atom. The van der Waals surface area contributed by atoms with Gasteiger partial charge in [-0.1, -0.05) is 0 Å². The Hall–Kier alpha value is -1.38. The molecule has 3 amide bonds. The summed E-state index contributed by atoms with van der Waals surface area (Å²) >= 11 is 0. The van der Waals surface area contributed by atoms with Gasteiger partial charge in [-0.2, -0.15) is 0 Å². The molecule has 3 aliphatic heterocycles. The van der Waals surface area contributed by atoms with E-state index < -0.39 is 0 Å². The van der Waals surface area contributed by atoms with Gasteiger partial charge in [0.25, 0.3) is 0 Å². The molecule has 2 atom stereocenters. The van der Waals surface area contributed by atoms with Gasteiger partial charge >= 0.3 is 6.03 Å². The Bertz CT molecular complexity index is 433. The number of urea groups is 1. The van der Waals surface area contributed by atoms with E-state index in [-0.39, 0.29) is 30.3 Å². The molecular weight excluding hydrogens is 298 g/mol. The van der Waals surface area contributed by atoms with Gasteiger partial charge in [-0.25, -0.2) is 4.79 Å². The van der Waals surface area contributed by atoms with Crippen LogP contribution in [0.4, 0.5) is 4.79 Å². The van der Waals surface area contributed by atoms with Crippen LogP contribution in [0, 0.1) is 0 Å². The third-order valence-electron chi connectivity index (χ3n) is 4.75. The molecule has 0 saturated carbocycles. The molecule has 130 valence electrons. The van der Waals surface area contributed by atoms with Gasteiger partial charge in [0.2, 0.25) is 5.91 Å². The van der Waals surface area contributed by atoms with Gasteiger partial charge in [0, 0.05) is 44.7 Å². The number of hydrogen-bond donors (Lipinski definition) is 3. The molecule has 3 N–H and O–H groups in total. The van der Waals surface area contributed by atoms with Crippen LogP contribution in [0.25, 0.3) is 0 Å². The molecule has 3 heterocycles. The average Bonchev–Trinajstić information content (AvgIpc) is 2.55. The maximum absolute atomic E-state index is 12.2. The van der Waals surface area contributed by atoms with E-state index in [1.165, 1.54) is 0 Å². The number of piperidine rings is 1. The first-order valence-corrected chi connectivity index (χ1v) is 8.54. The van der Waals surface area contributed by atoms with Crippen molar-refractivity contribution in [3.63, 3.8) is 0 Å². The molecule has 0 radical (unpaired) electrons. The Balaban J connectivity index is 1.43. The zero-order chi connectivity index (χ0) is 16.2. The normalized spacial score (nSPS) is 30.8. The average molecular weight is 325 g/mol. The Morgan fingerprint density at radius 3 is 2.57 bits per heavy atom. The molecule has 0 bridgehead atoms. The first-order valence-electron chi connectivity index (χ1n) is 8.54. The van der Waals surface area contributed by atoms with Crippen LogP contribution in [0.3, 0.4) is 0 Å². The highest BCUT2D eigenvalue weighted by Gasteiger charge is 2.31. The second-order valence-electron chi connectivity index (χ2n) is 6.60. The van der Waals surface area contributed by atoms with Crippen LogP contribution < -0.4 is 16.0 Å². The molecular formula is C15H27N5O3. The number of morpholine rings is 1. The van der Waals surface area contributed by atoms with Crippen LogP contribution in [-0.4, -0.2) is 79.5 Å². The highest BCUT2D eigenvalue weighted by Crippen LogP contribution is 2.14. The minimum Gasteiger partial charge on any atom is -0.378 e. The molecule has 0 aromatic heterocycles. The minimum atomic E-state index is -0.0813. The van der Waals surface area contributed by atoms with E-state index in [0.29, 0.717) is 32.7 Å². The van der Waals surface area contributed by atoms with Crippen molar-refractivity contribution in [1.29, 1.82) is 0 Å². The Kier molecular flexibility index (Phi) is 5.34. The van der Waals surface area contributed by atoms with Crippen molar-refractivity contribution in [1.82, 2.24) is 25.8 Å². The number of likely N-dealkylation sites (tertiary alicyclic amines) is 1. The van der Waals surface area contributed by atoms with Crippen molar-refractivity contribution in [3.8, 4) is 0 Å². The van der Waals surface area contributed by atoms with E-state index in [1.807, 2.05) is 11.8 Å². The molecule has 2 unspecified atom stereocenters. The molecule has 3 rings (SSSR count). The van der Waals surface area contributed by atoms with Gasteiger partial charge in [0.05, 0.1) is 13.2 Å². The second-order valence-corrected chi connectivity index (χ2v) is 6.60. The van der Waals surface area contributed by atoms with Crippen molar-refractivity contribution in [3.05, 3.63) is 0 Å². The number of hydrogen-bond acceptors (Lipinski definition) is 5. The molecule has 8 nitrogen and oxygen atoms in total. The van der Waals surface area contributed by atoms with Gasteiger partial charge in [0.1, 0.15) is 6.29 Å². The molecule has 3 aliphatic rings. The van der Waals surface area contributed by atoms with Crippen molar-refractivity contribution < 1.29 is 14.3 Å². The SMILES string of the molecule is CC1CC(=O)NC(N2CCC(NC(=O)N3CCOCC3)CC2)N1. The lowest BCUT2D eigenvalue weighted by molar-refractivity contribution is -0.127. The predicted octanol–water partition coefficient (Wildman–Crippen LogP) is -0.726. The van der Waals surface area contributed by atoms with Crippen molar-refractivity contribution in [2.45, 2.75) is 44.6 Å². The van der Waals surface area contributed by atoms with E-state index >= 15 is 0 Å². The Morgan fingerprint density at radius 1 is 1.22 bits per heavy atom. The lowest BCUT2D eigenvalue weighted by Crippen LogP contribution is -2.65. The van der Waals surface area contributed by atoms with Crippen LogP contribution in [0.5, 0.6) is 0 Å². The zero-order valence-corrected chi connectivity index (χ0v) is 13.7. The molecule has 3 saturated heterocycles. The third-order valence-corrected chi connectivity index (χ3v) is 4.75. The van der Waals surface area contributed by atoms with Crippen LogP contribution >= 0.6 is 0 Å². The summed E-state index contributed by atoms with van der Waals surface area (Å²) in [6.07, 6.45) is 2.25. The standard InChI is InChI=1S/C15H27N5O3/c1-11-10-13(21)18-14(16-11)19-4-2-12(3-5-19)17-15(22)20-6-8-23-9-7-20/h11-12,14,16H,2-10H2,1H3,(H,17,22)(H,18,21). The lowest BCUT2D eigenvalue weighted by Gasteiger charge is -2.41. The van der Waals surface area contributed by atoms with Gasteiger partial charge < -0.3 is 20.3 Å². The Labute approximate surface area is 136 Å². The molecule has 3 fully saturated rings. The predicted molar refractivity (Wildman–Crippen MR) is 84.7 cm³/mol. The summed E-state index contributed by atoms with van der Waals surface area (Å²) in [6.45, 7) is 6.33. The van der Waals surface area contributed by atoms with Gasteiger partial charge in [-0.15, -0.1) is 0 Å². The molecule has 0 spiro atoms. The molecule has 8 heteroatoms. The largest absolute Gasteiger partial charge is 0.378 e. The number of nitrogens with one attached hydrogen (secondary N) is 3. The number of rotatable bonds is 2. The molecule has 0 aliphatic carbocycles. The topological polar surface area (TPSA) is 85.9 Å². The first kappa shape index (κ1) is 16.5. The van der Waals surface area contributed by atoms with Crippen LogP contribution in [-0.2, 0) is 9.53 Å². The number of amides is 3. The summed E-state index contributed by atoms with van der Waals surface area (Å²) in [7, 11) is 0. The summed E-state index contributed by atoms with van der Waals surface area (Å²) in [6, 6.07) is 0.426. The summed E-state index contributed by atoms with van der Waals surface area (Å²) in [5, 5.41) is 9.53. The zero-order valence-electron chi connectivity index (χ0n) is 13.7. The summed E-state index contributed by atoms with van der Waals surface area (Å²) < 4.78 is 5.27. The van der Waals surface area contributed by atoms with Crippen LogP contribution in [0.2, 0.25) is 0 Å². The maximum Gasteiger partial charge on any atom is 0.317 e. The first-order chi connectivity index (χ1) is 11.1. The van der Waals surface area contributed by atoms with Crippen LogP contribution in [0.15, 0.2) is 0 Å². The van der Waals surface area contributed by atoms with Crippen molar-refractivity contribution in [2.75, 3.05) is 39.4 Å². The minimum absolute atomic E-state index is 0.0180.